The van der Waals surface area contributed by atoms with Crippen molar-refractivity contribution in [2.45, 2.75) is 39.7 Å². The average molecular weight is 300 g/mol. The van der Waals surface area contributed by atoms with Crippen LogP contribution in [0.1, 0.15) is 33.6 Å². The first kappa shape index (κ1) is 17.9. The quantitative estimate of drug-likeness (QED) is 0.607. The third kappa shape index (κ3) is 4.68. The van der Waals surface area contributed by atoms with Gasteiger partial charge in [-0.05, 0) is 24.2 Å². The normalized spacial score (nSPS) is 28.1. The smallest absolute Gasteiger partial charge is 0.307 e. The molecule has 1 aliphatic carbocycles. The second kappa shape index (κ2) is 7.75. The molecule has 0 aromatic heterocycles. The van der Waals surface area contributed by atoms with Crippen LogP contribution in [0.3, 0.4) is 0 Å². The van der Waals surface area contributed by atoms with Gasteiger partial charge in [-0.25, -0.2) is 0 Å². The molecular weight excluding hydrogens is 272 g/mol. The first-order valence-corrected chi connectivity index (χ1v) is 7.52. The lowest BCUT2D eigenvalue weighted by molar-refractivity contribution is -0.150. The number of carbonyl (C=O) groups is 2. The Bertz CT molecular complexity index is 371. The second-order valence-corrected chi connectivity index (χ2v) is 6.41. The van der Waals surface area contributed by atoms with E-state index < -0.39 is 5.97 Å². The van der Waals surface area contributed by atoms with Crippen LogP contribution < -0.4 is 10.6 Å². The zero-order valence-electron chi connectivity index (χ0n) is 13.4. The molecule has 21 heavy (non-hydrogen) atoms. The average Bonchev–Trinajstić information content (AvgIpc) is 2.40. The van der Waals surface area contributed by atoms with E-state index in [1.807, 2.05) is 13.8 Å². The standard InChI is InChI=1S/C15H28N2O4/c1-10-12(17-9-13(18)16-7-8-21-4)6-5-11(14(19)20)15(10,2)3/h10-12,17H,5-9H2,1-4H3,(H,16,18)(H,19,20). The molecule has 0 bridgehead atoms. The maximum absolute atomic E-state index is 11.7. The fourth-order valence-electron chi connectivity index (χ4n) is 3.10. The number of carbonyl (C=O) groups excluding carboxylic acids is 1. The number of ether oxygens (including phenoxy) is 1. The van der Waals surface area contributed by atoms with Crippen molar-refractivity contribution >= 4 is 11.9 Å². The van der Waals surface area contributed by atoms with E-state index in [1.165, 1.54) is 0 Å². The molecular formula is C15H28N2O4. The zero-order chi connectivity index (χ0) is 16.0. The highest BCUT2D eigenvalue weighted by molar-refractivity contribution is 5.78. The summed E-state index contributed by atoms with van der Waals surface area (Å²) in [6.45, 7) is 7.33. The first-order chi connectivity index (χ1) is 9.80. The van der Waals surface area contributed by atoms with Crippen molar-refractivity contribution in [3.05, 3.63) is 0 Å². The molecule has 0 aromatic carbocycles. The minimum atomic E-state index is -0.720. The Hall–Kier alpha value is -1.14. The molecule has 0 saturated heterocycles. The van der Waals surface area contributed by atoms with Crippen LogP contribution in [-0.4, -0.2) is 49.8 Å². The van der Waals surface area contributed by atoms with Gasteiger partial charge in [-0.2, -0.15) is 0 Å². The van der Waals surface area contributed by atoms with Crippen molar-refractivity contribution in [2.24, 2.45) is 17.3 Å². The van der Waals surface area contributed by atoms with Gasteiger partial charge in [0.1, 0.15) is 0 Å². The summed E-state index contributed by atoms with van der Waals surface area (Å²) in [6, 6.07) is 0.170. The molecule has 3 N–H and O–H groups in total. The molecule has 1 fully saturated rings. The number of methoxy groups -OCH3 is 1. The van der Waals surface area contributed by atoms with Gasteiger partial charge in [0.25, 0.3) is 0 Å². The van der Waals surface area contributed by atoms with E-state index in [2.05, 4.69) is 17.6 Å². The molecule has 1 saturated carbocycles. The van der Waals surface area contributed by atoms with Crippen molar-refractivity contribution < 1.29 is 19.4 Å². The summed E-state index contributed by atoms with van der Waals surface area (Å²) >= 11 is 0. The molecule has 122 valence electrons. The molecule has 1 aliphatic rings. The van der Waals surface area contributed by atoms with Gasteiger partial charge in [0.15, 0.2) is 0 Å². The number of rotatable bonds is 7. The van der Waals surface area contributed by atoms with E-state index in [9.17, 15) is 14.7 Å². The molecule has 3 atom stereocenters. The topological polar surface area (TPSA) is 87.7 Å². The van der Waals surface area contributed by atoms with Gasteiger partial charge in [-0.3, -0.25) is 9.59 Å². The summed E-state index contributed by atoms with van der Waals surface area (Å²) in [4.78, 5) is 23.0. The Kier molecular flexibility index (Phi) is 6.61. The minimum absolute atomic E-state index is 0.0579. The third-order valence-electron chi connectivity index (χ3n) is 4.89. The van der Waals surface area contributed by atoms with Crippen molar-refractivity contribution in [2.75, 3.05) is 26.8 Å². The van der Waals surface area contributed by atoms with E-state index in [0.717, 1.165) is 6.42 Å². The molecule has 6 nitrogen and oxygen atoms in total. The van der Waals surface area contributed by atoms with Crippen LogP contribution in [0, 0.1) is 17.3 Å². The predicted molar refractivity (Wildman–Crippen MR) is 80.0 cm³/mol. The molecule has 1 amide bonds. The number of amides is 1. The van der Waals surface area contributed by atoms with E-state index in [4.69, 9.17) is 4.74 Å². The van der Waals surface area contributed by atoms with Crippen LogP contribution in [-0.2, 0) is 14.3 Å². The monoisotopic (exact) mass is 300 g/mol. The molecule has 0 aliphatic heterocycles. The Morgan fingerprint density at radius 3 is 2.57 bits per heavy atom. The van der Waals surface area contributed by atoms with Gasteiger partial charge in [0.05, 0.1) is 19.1 Å². The maximum Gasteiger partial charge on any atom is 0.307 e. The van der Waals surface area contributed by atoms with Gasteiger partial charge in [0, 0.05) is 19.7 Å². The summed E-state index contributed by atoms with van der Waals surface area (Å²) in [5.74, 6) is -0.903. The fourth-order valence-corrected chi connectivity index (χ4v) is 3.10. The summed E-state index contributed by atoms with van der Waals surface area (Å²) < 4.78 is 4.87. The van der Waals surface area contributed by atoms with Crippen molar-refractivity contribution in [1.29, 1.82) is 0 Å². The molecule has 0 aromatic rings. The van der Waals surface area contributed by atoms with Gasteiger partial charge >= 0.3 is 5.97 Å². The lowest BCUT2D eigenvalue weighted by Gasteiger charge is -2.46. The minimum Gasteiger partial charge on any atom is -0.481 e. The van der Waals surface area contributed by atoms with Crippen LogP contribution in [0.5, 0.6) is 0 Å². The number of carboxylic acid groups (broad SMARTS) is 1. The molecule has 1 rings (SSSR count). The molecule has 6 heteroatoms. The van der Waals surface area contributed by atoms with Crippen molar-refractivity contribution in [3.63, 3.8) is 0 Å². The summed E-state index contributed by atoms with van der Waals surface area (Å²) in [5.41, 5.74) is -0.283. The largest absolute Gasteiger partial charge is 0.481 e. The third-order valence-corrected chi connectivity index (χ3v) is 4.89. The number of carboxylic acids is 1. The van der Waals surface area contributed by atoms with Crippen LogP contribution in [0.2, 0.25) is 0 Å². The lowest BCUT2D eigenvalue weighted by atomic mass is 9.61. The van der Waals surface area contributed by atoms with E-state index in [1.54, 1.807) is 7.11 Å². The Morgan fingerprint density at radius 2 is 2.00 bits per heavy atom. The molecule has 0 spiro atoms. The molecule has 3 unspecified atom stereocenters. The number of nitrogens with one attached hydrogen (secondary N) is 2. The first-order valence-electron chi connectivity index (χ1n) is 7.52. The Balaban J connectivity index is 2.47. The van der Waals surface area contributed by atoms with Gasteiger partial charge < -0.3 is 20.5 Å². The summed E-state index contributed by atoms with van der Waals surface area (Å²) in [5, 5.41) is 15.4. The van der Waals surface area contributed by atoms with E-state index >= 15 is 0 Å². The van der Waals surface area contributed by atoms with Crippen LogP contribution in [0.25, 0.3) is 0 Å². The van der Waals surface area contributed by atoms with Gasteiger partial charge in [-0.15, -0.1) is 0 Å². The highest BCUT2D eigenvalue weighted by Crippen LogP contribution is 2.44. The van der Waals surface area contributed by atoms with Gasteiger partial charge in [0.2, 0.25) is 5.91 Å². The molecule has 0 radical (unpaired) electrons. The Labute approximate surface area is 126 Å². The van der Waals surface area contributed by atoms with E-state index in [0.29, 0.717) is 19.6 Å². The van der Waals surface area contributed by atoms with E-state index in [-0.39, 0.29) is 35.7 Å². The Morgan fingerprint density at radius 1 is 1.33 bits per heavy atom. The number of hydrogen-bond acceptors (Lipinski definition) is 4. The van der Waals surface area contributed by atoms with Crippen LogP contribution >= 0.6 is 0 Å². The predicted octanol–water partition coefficient (Wildman–Crippen LogP) is 0.864. The van der Waals surface area contributed by atoms with Crippen LogP contribution in [0.15, 0.2) is 0 Å². The van der Waals surface area contributed by atoms with Crippen molar-refractivity contribution in [3.8, 4) is 0 Å². The van der Waals surface area contributed by atoms with Crippen LogP contribution in [0.4, 0.5) is 0 Å². The highest BCUT2D eigenvalue weighted by atomic mass is 16.5. The zero-order valence-corrected chi connectivity index (χ0v) is 13.4. The number of hydrogen-bond donors (Lipinski definition) is 3. The number of aliphatic carboxylic acids is 1. The SMILES string of the molecule is COCCNC(=O)CNC1CCC(C(=O)O)C(C)(C)C1C. The second-order valence-electron chi connectivity index (χ2n) is 6.41. The fraction of sp³-hybridized carbons (Fsp3) is 0.867. The lowest BCUT2D eigenvalue weighted by Crippen LogP contribution is -2.52. The summed E-state index contributed by atoms with van der Waals surface area (Å²) in [7, 11) is 1.59. The van der Waals surface area contributed by atoms with Gasteiger partial charge in [-0.1, -0.05) is 20.8 Å². The molecule has 0 heterocycles. The summed E-state index contributed by atoms with van der Waals surface area (Å²) in [6.07, 6.45) is 1.43. The van der Waals surface area contributed by atoms with Crippen molar-refractivity contribution in [1.82, 2.24) is 10.6 Å². The maximum atomic E-state index is 11.7. The highest BCUT2D eigenvalue weighted by Gasteiger charge is 2.46.